The molecular weight excluding hydrogens is 408 g/mol. The molecule has 10 heteroatoms. The minimum atomic E-state index is -1.07. The number of hydrogen-bond donors (Lipinski definition) is 2. The third-order valence-corrected chi connectivity index (χ3v) is 6.05. The standard InChI is InChI=1S/C18H12ClF2N5OS/c1-6-14(21)13(19)12(8-5-22-26-15(6)8)10-2-3-11-17(23-10)28-18(24-11)25-16(27)7-4-9(7)20/h2-3,5,7,9H,4H2,1H3,(H,22,26)(H,24,25,27)/t7-,9+/m1/s1. The number of carbonyl (C=O) groups is 1. The van der Waals surface area contributed by atoms with E-state index in [1.165, 1.54) is 0 Å². The first-order valence-corrected chi connectivity index (χ1v) is 9.67. The van der Waals surface area contributed by atoms with Crippen molar-refractivity contribution in [2.24, 2.45) is 5.92 Å². The summed E-state index contributed by atoms with van der Waals surface area (Å²) in [6.07, 6.45) is 0.753. The van der Waals surface area contributed by atoms with E-state index in [2.05, 4.69) is 25.5 Å². The van der Waals surface area contributed by atoms with Crippen LogP contribution in [0.5, 0.6) is 0 Å². The summed E-state index contributed by atoms with van der Waals surface area (Å²) in [5.74, 6) is -1.51. The van der Waals surface area contributed by atoms with Crippen molar-refractivity contribution in [2.45, 2.75) is 19.5 Å². The van der Waals surface area contributed by atoms with E-state index in [4.69, 9.17) is 11.6 Å². The summed E-state index contributed by atoms with van der Waals surface area (Å²) in [6.45, 7) is 1.63. The fourth-order valence-corrected chi connectivity index (χ4v) is 4.34. The van der Waals surface area contributed by atoms with Gasteiger partial charge < -0.3 is 5.32 Å². The van der Waals surface area contributed by atoms with Crippen molar-refractivity contribution in [3.05, 3.63) is 34.7 Å². The van der Waals surface area contributed by atoms with Gasteiger partial charge in [-0.1, -0.05) is 22.9 Å². The van der Waals surface area contributed by atoms with Crippen molar-refractivity contribution in [3.63, 3.8) is 0 Å². The highest BCUT2D eigenvalue weighted by molar-refractivity contribution is 7.22. The third kappa shape index (κ3) is 2.65. The van der Waals surface area contributed by atoms with Gasteiger partial charge in [-0.25, -0.2) is 18.7 Å². The quantitative estimate of drug-likeness (QED) is 0.507. The van der Waals surface area contributed by atoms with Crippen LogP contribution in [-0.2, 0) is 4.79 Å². The molecule has 0 aliphatic heterocycles. The molecule has 3 aromatic heterocycles. The number of hydrogen-bond acceptors (Lipinski definition) is 5. The van der Waals surface area contributed by atoms with Gasteiger partial charge in [-0.05, 0) is 25.5 Å². The predicted molar refractivity (Wildman–Crippen MR) is 104 cm³/mol. The van der Waals surface area contributed by atoms with Gasteiger partial charge in [-0.2, -0.15) is 5.10 Å². The lowest BCUT2D eigenvalue weighted by molar-refractivity contribution is -0.117. The van der Waals surface area contributed by atoms with Crippen molar-refractivity contribution in [2.75, 3.05) is 5.32 Å². The molecular formula is C18H12ClF2N5OS. The predicted octanol–water partition coefficient (Wildman–Crippen LogP) is 4.63. The molecule has 5 rings (SSSR count). The monoisotopic (exact) mass is 419 g/mol. The normalized spacial score (nSPS) is 18.7. The summed E-state index contributed by atoms with van der Waals surface area (Å²) in [5.41, 5.74) is 2.42. The fraction of sp³-hybridized carbons (Fsp3) is 0.222. The van der Waals surface area contributed by atoms with Crippen LogP contribution in [-0.4, -0.2) is 32.2 Å². The van der Waals surface area contributed by atoms with E-state index in [1.807, 2.05) is 0 Å². The highest BCUT2D eigenvalue weighted by Gasteiger charge is 2.43. The van der Waals surface area contributed by atoms with Gasteiger partial charge in [0.05, 0.1) is 28.3 Å². The number of aromatic nitrogens is 4. The molecule has 0 radical (unpaired) electrons. The van der Waals surface area contributed by atoms with E-state index >= 15 is 0 Å². The molecule has 0 unspecified atom stereocenters. The van der Waals surface area contributed by atoms with Crippen LogP contribution in [0.1, 0.15) is 12.0 Å². The van der Waals surface area contributed by atoms with Gasteiger partial charge in [-0.3, -0.25) is 9.89 Å². The Labute approximate surface area is 165 Å². The maximum Gasteiger partial charge on any atom is 0.232 e. The van der Waals surface area contributed by atoms with Gasteiger partial charge in [0.1, 0.15) is 22.3 Å². The molecule has 142 valence electrons. The number of pyridine rings is 1. The molecule has 2 atom stereocenters. The Bertz CT molecular complexity index is 1270. The molecule has 1 fully saturated rings. The minimum Gasteiger partial charge on any atom is -0.302 e. The van der Waals surface area contributed by atoms with Crippen LogP contribution in [0, 0.1) is 18.7 Å². The highest BCUT2D eigenvalue weighted by atomic mass is 35.5. The van der Waals surface area contributed by atoms with Gasteiger partial charge >= 0.3 is 0 Å². The molecule has 0 saturated heterocycles. The summed E-state index contributed by atoms with van der Waals surface area (Å²) in [7, 11) is 0. The molecule has 6 nitrogen and oxygen atoms in total. The van der Waals surface area contributed by atoms with Gasteiger partial charge in [0, 0.05) is 16.5 Å². The number of rotatable bonds is 3. The number of anilines is 1. The molecule has 4 aromatic rings. The zero-order chi connectivity index (χ0) is 19.6. The van der Waals surface area contributed by atoms with Crippen LogP contribution in [0.15, 0.2) is 18.3 Å². The summed E-state index contributed by atoms with van der Waals surface area (Å²) in [5, 5.41) is 10.4. The molecule has 3 heterocycles. The smallest absolute Gasteiger partial charge is 0.232 e. The first-order valence-electron chi connectivity index (χ1n) is 8.47. The number of alkyl halides is 1. The Balaban J connectivity index is 1.58. The van der Waals surface area contributed by atoms with E-state index in [0.29, 0.717) is 43.2 Å². The number of nitrogens with one attached hydrogen (secondary N) is 2. The minimum absolute atomic E-state index is 0.0287. The summed E-state index contributed by atoms with van der Waals surface area (Å²) >= 11 is 7.45. The van der Waals surface area contributed by atoms with Crippen molar-refractivity contribution < 1.29 is 13.6 Å². The molecule has 1 saturated carbocycles. The van der Waals surface area contributed by atoms with E-state index in [1.54, 1.807) is 25.3 Å². The summed E-state index contributed by atoms with van der Waals surface area (Å²) < 4.78 is 27.6. The van der Waals surface area contributed by atoms with E-state index in [0.717, 1.165) is 11.3 Å². The lowest BCUT2D eigenvalue weighted by Crippen LogP contribution is -2.14. The Morgan fingerprint density at radius 3 is 2.93 bits per heavy atom. The van der Waals surface area contributed by atoms with E-state index in [-0.39, 0.29) is 17.4 Å². The van der Waals surface area contributed by atoms with Crippen LogP contribution in [0.25, 0.3) is 32.5 Å². The maximum atomic E-state index is 14.6. The molecule has 0 spiro atoms. The van der Waals surface area contributed by atoms with Crippen molar-refractivity contribution in [1.82, 2.24) is 20.2 Å². The van der Waals surface area contributed by atoms with Crippen LogP contribution in [0.3, 0.4) is 0 Å². The van der Waals surface area contributed by atoms with E-state index in [9.17, 15) is 13.6 Å². The average molecular weight is 420 g/mol. The Morgan fingerprint density at radius 1 is 1.39 bits per heavy atom. The number of nitrogens with zero attached hydrogens (tertiary/aromatic N) is 3. The third-order valence-electron chi connectivity index (χ3n) is 4.82. The van der Waals surface area contributed by atoms with Gasteiger partial charge in [0.25, 0.3) is 0 Å². The number of thiazole rings is 1. The van der Waals surface area contributed by atoms with Gasteiger partial charge in [-0.15, -0.1) is 0 Å². The number of H-pyrrole nitrogens is 1. The SMILES string of the molecule is Cc1c(F)c(Cl)c(-c2ccc3nc(NC(=O)[C@@H]4C[C@@H]4F)sc3n2)c2cn[nH]c12. The molecule has 1 aliphatic carbocycles. The molecule has 28 heavy (non-hydrogen) atoms. The van der Waals surface area contributed by atoms with Crippen molar-refractivity contribution >= 4 is 55.2 Å². The summed E-state index contributed by atoms with van der Waals surface area (Å²) in [6, 6.07) is 3.41. The molecule has 0 bridgehead atoms. The highest BCUT2D eigenvalue weighted by Crippen LogP contribution is 2.39. The summed E-state index contributed by atoms with van der Waals surface area (Å²) in [4.78, 5) is 21.3. The lowest BCUT2D eigenvalue weighted by Gasteiger charge is -2.09. The average Bonchev–Trinajstić information content (AvgIpc) is 3.06. The number of halogens is 3. The number of amides is 1. The first-order chi connectivity index (χ1) is 13.4. The number of fused-ring (bicyclic) bond motifs is 2. The maximum absolute atomic E-state index is 14.6. The second-order valence-corrected chi connectivity index (χ2v) is 8.03. The van der Waals surface area contributed by atoms with Crippen LogP contribution in [0.2, 0.25) is 5.02 Å². The van der Waals surface area contributed by atoms with Crippen molar-refractivity contribution in [1.29, 1.82) is 0 Å². The van der Waals surface area contributed by atoms with Crippen molar-refractivity contribution in [3.8, 4) is 11.3 Å². The second kappa shape index (κ2) is 6.18. The zero-order valence-corrected chi connectivity index (χ0v) is 16.0. The Hall–Kier alpha value is -2.65. The number of aromatic amines is 1. The van der Waals surface area contributed by atoms with Crippen LogP contribution >= 0.6 is 22.9 Å². The van der Waals surface area contributed by atoms with E-state index < -0.39 is 17.9 Å². The fourth-order valence-electron chi connectivity index (χ4n) is 3.16. The topological polar surface area (TPSA) is 83.6 Å². The zero-order valence-electron chi connectivity index (χ0n) is 14.4. The first kappa shape index (κ1) is 17.4. The second-order valence-electron chi connectivity index (χ2n) is 6.67. The lowest BCUT2D eigenvalue weighted by atomic mass is 10.0. The van der Waals surface area contributed by atoms with Crippen LogP contribution in [0.4, 0.5) is 13.9 Å². The Kier molecular flexibility index (Phi) is 3.85. The molecule has 1 aromatic carbocycles. The number of carbonyl (C=O) groups excluding carboxylic acids is 1. The van der Waals surface area contributed by atoms with Gasteiger partial charge in [0.2, 0.25) is 5.91 Å². The largest absolute Gasteiger partial charge is 0.302 e. The Morgan fingerprint density at radius 2 is 2.18 bits per heavy atom. The van der Waals surface area contributed by atoms with Gasteiger partial charge in [0.15, 0.2) is 5.13 Å². The van der Waals surface area contributed by atoms with Crippen LogP contribution < -0.4 is 5.32 Å². The number of benzene rings is 1. The molecule has 2 N–H and O–H groups in total. The molecule has 1 aliphatic rings. The number of aryl methyl sites for hydroxylation is 1. The molecule has 1 amide bonds.